The molecule has 0 aromatic carbocycles. The van der Waals surface area contributed by atoms with Crippen LogP contribution in [0.15, 0.2) is 0 Å². The minimum absolute atomic E-state index is 0.439. The van der Waals surface area contributed by atoms with Gasteiger partial charge in [-0.3, -0.25) is 0 Å². The van der Waals surface area contributed by atoms with Gasteiger partial charge in [0.15, 0.2) is 0 Å². The van der Waals surface area contributed by atoms with Crippen LogP contribution in [0.2, 0.25) is 0 Å². The molecule has 1 fully saturated rings. The third-order valence-electron chi connectivity index (χ3n) is 3.11. The van der Waals surface area contributed by atoms with Crippen molar-refractivity contribution in [2.24, 2.45) is 11.1 Å². The van der Waals surface area contributed by atoms with Gasteiger partial charge in [0.2, 0.25) is 0 Å². The Labute approximate surface area is 63.2 Å². The summed E-state index contributed by atoms with van der Waals surface area (Å²) in [6.45, 7) is 3.07. The maximum Gasteiger partial charge on any atom is 0.0104 e. The molecule has 0 bridgehead atoms. The second-order valence-corrected chi connectivity index (χ2v) is 3.43. The third kappa shape index (κ3) is 1.06. The zero-order valence-corrected chi connectivity index (χ0v) is 6.98. The van der Waals surface area contributed by atoms with E-state index in [-0.39, 0.29) is 0 Å². The molecule has 0 aromatic heterocycles. The Morgan fingerprint density at radius 2 is 2.20 bits per heavy atom. The fraction of sp³-hybridized carbons (Fsp3) is 1.00. The zero-order valence-electron chi connectivity index (χ0n) is 6.98. The van der Waals surface area contributed by atoms with Gasteiger partial charge >= 0.3 is 0 Å². The molecule has 1 unspecified atom stereocenters. The Morgan fingerprint density at radius 1 is 1.60 bits per heavy atom. The highest BCUT2D eigenvalue weighted by Gasteiger charge is 2.39. The van der Waals surface area contributed by atoms with Crippen LogP contribution in [0.5, 0.6) is 0 Å². The van der Waals surface area contributed by atoms with Crippen LogP contribution < -0.4 is 11.1 Å². The van der Waals surface area contributed by atoms with Gasteiger partial charge in [-0.1, -0.05) is 6.42 Å². The smallest absolute Gasteiger partial charge is 0.0104 e. The van der Waals surface area contributed by atoms with Crippen LogP contribution in [0.25, 0.3) is 0 Å². The third-order valence-corrected chi connectivity index (χ3v) is 3.11. The van der Waals surface area contributed by atoms with E-state index in [4.69, 9.17) is 5.73 Å². The highest BCUT2D eigenvalue weighted by atomic mass is 14.9. The van der Waals surface area contributed by atoms with Crippen LogP contribution >= 0.6 is 0 Å². The van der Waals surface area contributed by atoms with Crippen molar-refractivity contribution < 1.29 is 0 Å². The largest absolute Gasteiger partial charge is 0.330 e. The van der Waals surface area contributed by atoms with E-state index in [1.54, 1.807) is 0 Å². The Bertz CT molecular complexity index is 102. The molecule has 1 aliphatic carbocycles. The summed E-state index contributed by atoms with van der Waals surface area (Å²) in [5.41, 5.74) is 6.14. The maximum atomic E-state index is 5.71. The van der Waals surface area contributed by atoms with Crippen molar-refractivity contribution in [3.05, 3.63) is 0 Å². The van der Waals surface area contributed by atoms with Crippen LogP contribution in [-0.2, 0) is 0 Å². The minimum atomic E-state index is 0.439. The first kappa shape index (κ1) is 8.02. The fourth-order valence-electron chi connectivity index (χ4n) is 1.75. The van der Waals surface area contributed by atoms with E-state index in [9.17, 15) is 0 Å². The molecule has 1 aliphatic rings. The lowest BCUT2D eigenvalue weighted by Gasteiger charge is -2.45. The lowest BCUT2D eigenvalue weighted by atomic mass is 9.64. The lowest BCUT2D eigenvalue weighted by molar-refractivity contribution is 0.0973. The first-order valence-electron chi connectivity index (χ1n) is 4.12. The number of rotatable bonds is 3. The molecule has 1 saturated carbocycles. The summed E-state index contributed by atoms with van der Waals surface area (Å²) >= 11 is 0. The second-order valence-electron chi connectivity index (χ2n) is 3.43. The quantitative estimate of drug-likeness (QED) is 0.609. The van der Waals surface area contributed by atoms with Crippen molar-refractivity contribution in [2.75, 3.05) is 13.6 Å². The molecule has 60 valence electrons. The molecule has 10 heavy (non-hydrogen) atoms. The van der Waals surface area contributed by atoms with Gasteiger partial charge in [0.05, 0.1) is 0 Å². The SMILES string of the molecule is CNC(C)C1(CN)CCC1. The summed E-state index contributed by atoms with van der Waals surface area (Å²) in [7, 11) is 2.01. The van der Waals surface area contributed by atoms with Gasteiger partial charge in [-0.15, -0.1) is 0 Å². The zero-order chi connectivity index (χ0) is 7.61. The summed E-state index contributed by atoms with van der Waals surface area (Å²) < 4.78 is 0. The van der Waals surface area contributed by atoms with Gasteiger partial charge in [-0.2, -0.15) is 0 Å². The highest BCUT2D eigenvalue weighted by molar-refractivity contribution is 4.95. The Kier molecular flexibility index (Phi) is 2.32. The molecule has 0 saturated heterocycles. The van der Waals surface area contributed by atoms with Crippen LogP contribution in [-0.4, -0.2) is 19.6 Å². The van der Waals surface area contributed by atoms with Gasteiger partial charge in [0.1, 0.15) is 0 Å². The molecule has 2 heteroatoms. The van der Waals surface area contributed by atoms with Gasteiger partial charge in [-0.05, 0) is 38.8 Å². The molecular weight excluding hydrogens is 124 g/mol. The van der Waals surface area contributed by atoms with Crippen molar-refractivity contribution in [3.63, 3.8) is 0 Å². The highest BCUT2D eigenvalue weighted by Crippen LogP contribution is 2.42. The first-order chi connectivity index (χ1) is 4.75. The van der Waals surface area contributed by atoms with Gasteiger partial charge in [0, 0.05) is 6.04 Å². The Morgan fingerprint density at radius 3 is 2.30 bits per heavy atom. The van der Waals surface area contributed by atoms with Gasteiger partial charge < -0.3 is 11.1 Å². The molecular formula is C8H18N2. The summed E-state index contributed by atoms with van der Waals surface area (Å²) in [6.07, 6.45) is 3.99. The maximum absolute atomic E-state index is 5.71. The van der Waals surface area contributed by atoms with E-state index in [1.807, 2.05) is 7.05 Å². The Hall–Kier alpha value is -0.0800. The molecule has 1 rings (SSSR count). The number of hydrogen-bond donors (Lipinski definition) is 2. The molecule has 0 spiro atoms. The summed E-state index contributed by atoms with van der Waals surface area (Å²) in [5.74, 6) is 0. The predicted octanol–water partition coefficient (Wildman–Crippen LogP) is 0.723. The van der Waals surface area contributed by atoms with Crippen LogP contribution in [0.1, 0.15) is 26.2 Å². The molecule has 0 heterocycles. The molecule has 2 nitrogen and oxygen atoms in total. The van der Waals surface area contributed by atoms with Crippen molar-refractivity contribution in [2.45, 2.75) is 32.2 Å². The second kappa shape index (κ2) is 2.89. The van der Waals surface area contributed by atoms with E-state index in [0.717, 1.165) is 6.54 Å². The lowest BCUT2D eigenvalue weighted by Crippen LogP contribution is -2.51. The van der Waals surface area contributed by atoms with Crippen LogP contribution in [0.4, 0.5) is 0 Å². The van der Waals surface area contributed by atoms with Crippen LogP contribution in [0.3, 0.4) is 0 Å². The number of nitrogens with two attached hydrogens (primary N) is 1. The normalized spacial score (nSPS) is 25.5. The molecule has 0 radical (unpaired) electrons. The average Bonchev–Trinajstić information content (AvgIpc) is 1.86. The molecule has 0 amide bonds. The summed E-state index contributed by atoms with van der Waals surface area (Å²) in [5, 5.41) is 3.28. The topological polar surface area (TPSA) is 38.0 Å². The monoisotopic (exact) mass is 142 g/mol. The standard InChI is InChI=1S/C8H18N2/c1-7(10-2)8(6-9)4-3-5-8/h7,10H,3-6,9H2,1-2H3. The average molecular weight is 142 g/mol. The summed E-state index contributed by atoms with van der Waals surface area (Å²) in [4.78, 5) is 0. The van der Waals surface area contributed by atoms with Crippen molar-refractivity contribution >= 4 is 0 Å². The van der Waals surface area contributed by atoms with Gasteiger partial charge in [-0.25, -0.2) is 0 Å². The molecule has 3 N–H and O–H groups in total. The number of hydrogen-bond acceptors (Lipinski definition) is 2. The summed E-state index contributed by atoms with van der Waals surface area (Å²) in [6, 6.07) is 0.589. The minimum Gasteiger partial charge on any atom is -0.330 e. The van der Waals surface area contributed by atoms with E-state index in [2.05, 4.69) is 12.2 Å². The predicted molar refractivity (Wildman–Crippen MR) is 43.9 cm³/mol. The molecule has 0 aromatic rings. The van der Waals surface area contributed by atoms with Gasteiger partial charge in [0.25, 0.3) is 0 Å². The first-order valence-corrected chi connectivity index (χ1v) is 4.12. The number of nitrogens with one attached hydrogen (secondary N) is 1. The molecule has 0 aliphatic heterocycles. The van der Waals surface area contributed by atoms with E-state index < -0.39 is 0 Å². The van der Waals surface area contributed by atoms with E-state index >= 15 is 0 Å². The van der Waals surface area contributed by atoms with Crippen molar-refractivity contribution in [1.82, 2.24) is 5.32 Å². The molecule has 1 atom stereocenters. The van der Waals surface area contributed by atoms with Crippen molar-refractivity contribution in [1.29, 1.82) is 0 Å². The van der Waals surface area contributed by atoms with Crippen LogP contribution in [0, 0.1) is 5.41 Å². The fourth-order valence-corrected chi connectivity index (χ4v) is 1.75. The Balaban J connectivity index is 2.46. The van der Waals surface area contributed by atoms with E-state index in [0.29, 0.717) is 11.5 Å². The van der Waals surface area contributed by atoms with Crippen molar-refractivity contribution in [3.8, 4) is 0 Å². The van der Waals surface area contributed by atoms with E-state index in [1.165, 1.54) is 19.3 Å².